The van der Waals surface area contributed by atoms with Gasteiger partial charge in [0.15, 0.2) is 10.4 Å². The number of methoxy groups -OCH3 is 1. The smallest absolute Gasteiger partial charge is 0.361 e. The molecule has 2 heterocycles. The van der Waals surface area contributed by atoms with Crippen molar-refractivity contribution in [2.45, 2.75) is 0 Å². The summed E-state index contributed by atoms with van der Waals surface area (Å²) in [6.45, 7) is 0. The second kappa shape index (κ2) is 4.80. The van der Waals surface area contributed by atoms with Gasteiger partial charge in [-0.2, -0.15) is 0 Å². The predicted molar refractivity (Wildman–Crippen MR) is 63.2 cm³/mol. The molecule has 2 aromatic rings. The molecule has 0 aliphatic carbocycles. The second-order valence-electron chi connectivity index (χ2n) is 2.93. The molecule has 0 N–H and O–H groups in total. The summed E-state index contributed by atoms with van der Waals surface area (Å²) in [5.41, 5.74) is 0.0641. The maximum absolute atomic E-state index is 11.3. The lowest BCUT2D eigenvalue weighted by molar-refractivity contribution is 0.0592. The highest BCUT2D eigenvalue weighted by molar-refractivity contribution is 9.10. The quantitative estimate of drug-likeness (QED) is 0.791. The van der Waals surface area contributed by atoms with Crippen LogP contribution in [0.3, 0.4) is 0 Å². The van der Waals surface area contributed by atoms with Gasteiger partial charge in [0.25, 0.3) is 0 Å². The lowest BCUT2D eigenvalue weighted by Crippen LogP contribution is -2.06. The highest BCUT2D eigenvalue weighted by Crippen LogP contribution is 2.18. The zero-order chi connectivity index (χ0) is 12.4. The average Bonchev–Trinajstić information content (AvgIpc) is 2.71. The van der Waals surface area contributed by atoms with Crippen molar-refractivity contribution >= 4 is 33.5 Å². The Morgan fingerprint density at radius 3 is 2.94 bits per heavy atom. The number of aromatic nitrogens is 4. The fourth-order valence-electron chi connectivity index (χ4n) is 1.13. The molecule has 8 heteroatoms. The van der Waals surface area contributed by atoms with E-state index < -0.39 is 5.97 Å². The molecule has 0 spiro atoms. The van der Waals surface area contributed by atoms with E-state index in [1.807, 2.05) is 0 Å². The van der Waals surface area contributed by atoms with Crippen molar-refractivity contribution in [2.24, 2.45) is 0 Å². The lowest BCUT2D eigenvalue weighted by atomic mass is 10.5. The average molecular weight is 318 g/mol. The molecule has 0 radical (unpaired) electrons. The maximum Gasteiger partial charge on any atom is 0.361 e. The van der Waals surface area contributed by atoms with E-state index in [1.165, 1.54) is 11.9 Å². The third-order valence-electron chi connectivity index (χ3n) is 1.88. The Bertz CT molecular complexity index is 572. The molecule has 6 nitrogen and oxygen atoms in total. The van der Waals surface area contributed by atoms with Crippen LogP contribution < -0.4 is 0 Å². The van der Waals surface area contributed by atoms with Crippen LogP contribution in [0.25, 0.3) is 5.82 Å². The Hall–Kier alpha value is -1.47. The molecule has 0 bridgehead atoms. The highest BCUT2D eigenvalue weighted by atomic mass is 79.9. The minimum absolute atomic E-state index is 0.0641. The molecule has 2 aromatic heterocycles. The van der Waals surface area contributed by atoms with Crippen molar-refractivity contribution in [3.8, 4) is 5.82 Å². The zero-order valence-corrected chi connectivity index (χ0v) is 10.9. The summed E-state index contributed by atoms with van der Waals surface area (Å²) in [6.07, 6.45) is 1.55. The summed E-state index contributed by atoms with van der Waals surface area (Å²) >= 11 is 9.05. The first-order chi connectivity index (χ1) is 8.13. The molecule has 0 saturated heterocycles. The van der Waals surface area contributed by atoms with E-state index in [9.17, 15) is 4.79 Å². The topological polar surface area (TPSA) is 69.9 Å². The summed E-state index contributed by atoms with van der Waals surface area (Å²) in [4.78, 5) is 16.5. The van der Waals surface area contributed by atoms with Crippen molar-refractivity contribution < 1.29 is 9.53 Å². The number of halogens is 2. The number of esters is 1. The first kappa shape index (κ1) is 12.0. The maximum atomic E-state index is 11.3. The normalized spacial score (nSPS) is 10.3. The Labute approximate surface area is 110 Å². The van der Waals surface area contributed by atoms with Crippen LogP contribution in [0.1, 0.15) is 10.5 Å². The third kappa shape index (κ3) is 2.29. The highest BCUT2D eigenvalue weighted by Gasteiger charge is 2.19. The van der Waals surface area contributed by atoms with Gasteiger partial charge in [-0.25, -0.2) is 9.78 Å². The minimum Gasteiger partial charge on any atom is -0.464 e. The van der Waals surface area contributed by atoms with E-state index in [2.05, 4.69) is 35.8 Å². The van der Waals surface area contributed by atoms with Gasteiger partial charge in [0.2, 0.25) is 5.69 Å². The van der Waals surface area contributed by atoms with Crippen LogP contribution in [-0.2, 0) is 4.74 Å². The van der Waals surface area contributed by atoms with Gasteiger partial charge in [0.1, 0.15) is 0 Å². The van der Waals surface area contributed by atoms with E-state index in [-0.39, 0.29) is 10.3 Å². The summed E-state index contributed by atoms with van der Waals surface area (Å²) in [5, 5.41) is 8.31. The van der Waals surface area contributed by atoms with Crippen LogP contribution in [-0.4, -0.2) is 33.1 Å². The molecule has 88 valence electrons. The van der Waals surface area contributed by atoms with Gasteiger partial charge in [-0.1, -0.05) is 11.6 Å². The van der Waals surface area contributed by atoms with Crippen molar-refractivity contribution in [1.82, 2.24) is 20.0 Å². The molecular weight excluding hydrogens is 311 g/mol. The van der Waals surface area contributed by atoms with Gasteiger partial charge >= 0.3 is 5.97 Å². The first-order valence-corrected chi connectivity index (χ1v) is 5.62. The summed E-state index contributed by atoms with van der Waals surface area (Å²) in [6, 6.07) is 3.34. The number of carbonyl (C=O) groups excluding carboxylic acids is 1. The minimum atomic E-state index is -0.588. The fourth-order valence-corrected chi connectivity index (χ4v) is 1.72. The molecular formula is C9H6BrClN4O2. The van der Waals surface area contributed by atoms with E-state index in [1.54, 1.807) is 18.3 Å². The number of ether oxygens (including phenoxy) is 1. The number of rotatable bonds is 2. The van der Waals surface area contributed by atoms with Gasteiger partial charge in [-0.3, -0.25) is 0 Å². The monoisotopic (exact) mass is 316 g/mol. The molecule has 0 aromatic carbocycles. The zero-order valence-electron chi connectivity index (χ0n) is 8.59. The molecule has 0 amide bonds. The van der Waals surface area contributed by atoms with Gasteiger partial charge in [-0.15, -0.1) is 15.0 Å². The predicted octanol–water partition coefficient (Wildman–Crippen LogP) is 1.86. The Morgan fingerprint density at radius 1 is 1.53 bits per heavy atom. The van der Waals surface area contributed by atoms with Crippen LogP contribution in [0.5, 0.6) is 0 Å². The second-order valence-corrected chi connectivity index (χ2v) is 4.09. The number of hydrogen-bond donors (Lipinski definition) is 0. The van der Waals surface area contributed by atoms with Crippen molar-refractivity contribution in [2.75, 3.05) is 7.11 Å². The molecule has 0 saturated carbocycles. The lowest BCUT2D eigenvalue weighted by Gasteiger charge is -1.99. The number of hydrogen-bond acceptors (Lipinski definition) is 5. The Morgan fingerprint density at radius 2 is 2.29 bits per heavy atom. The summed E-state index contributed by atoms with van der Waals surface area (Å²) < 4.78 is 4.83. The standard InChI is InChI=1S/C9H6BrClN4O2/c1-17-9(16)6-7(10)14-15(13-6)8-5(11)3-2-4-12-8/h2-4H,1H3. The van der Waals surface area contributed by atoms with Crippen molar-refractivity contribution in [3.05, 3.63) is 33.6 Å². The SMILES string of the molecule is COC(=O)c1nn(-c2ncccc2Cl)nc1Br. The van der Waals surface area contributed by atoms with E-state index >= 15 is 0 Å². The first-order valence-electron chi connectivity index (χ1n) is 4.45. The number of nitrogens with zero attached hydrogens (tertiary/aromatic N) is 4. The van der Waals surface area contributed by atoms with E-state index in [4.69, 9.17) is 11.6 Å². The molecule has 0 aliphatic rings. The van der Waals surface area contributed by atoms with Crippen molar-refractivity contribution in [1.29, 1.82) is 0 Å². The Kier molecular flexibility index (Phi) is 3.39. The summed E-state index contributed by atoms with van der Waals surface area (Å²) in [5.74, 6) is -0.250. The molecule has 0 fully saturated rings. The van der Waals surface area contributed by atoms with Crippen LogP contribution in [0, 0.1) is 0 Å². The fraction of sp³-hybridized carbons (Fsp3) is 0.111. The largest absolute Gasteiger partial charge is 0.464 e. The van der Waals surface area contributed by atoms with Crippen molar-refractivity contribution in [3.63, 3.8) is 0 Å². The van der Waals surface area contributed by atoms with Gasteiger partial charge in [-0.05, 0) is 28.1 Å². The van der Waals surface area contributed by atoms with Gasteiger partial charge in [0, 0.05) is 6.20 Å². The summed E-state index contributed by atoms with van der Waals surface area (Å²) in [7, 11) is 1.27. The van der Waals surface area contributed by atoms with Crippen LogP contribution >= 0.6 is 27.5 Å². The van der Waals surface area contributed by atoms with Crippen LogP contribution in [0.2, 0.25) is 5.02 Å². The van der Waals surface area contributed by atoms with Gasteiger partial charge < -0.3 is 4.74 Å². The third-order valence-corrected chi connectivity index (χ3v) is 2.71. The number of carbonyl (C=O) groups is 1. The molecule has 0 aliphatic heterocycles. The molecule has 0 unspecified atom stereocenters. The van der Waals surface area contributed by atoms with E-state index in [0.29, 0.717) is 10.8 Å². The molecule has 0 atom stereocenters. The van der Waals surface area contributed by atoms with E-state index in [0.717, 1.165) is 0 Å². The van der Waals surface area contributed by atoms with Crippen LogP contribution in [0.4, 0.5) is 0 Å². The van der Waals surface area contributed by atoms with Gasteiger partial charge in [0.05, 0.1) is 12.1 Å². The molecule has 17 heavy (non-hydrogen) atoms. The molecule has 2 rings (SSSR count). The number of pyridine rings is 1. The Balaban J connectivity index is 2.49. The van der Waals surface area contributed by atoms with Crippen LogP contribution in [0.15, 0.2) is 22.9 Å².